The number of halogens is 4. The van der Waals surface area contributed by atoms with Gasteiger partial charge in [0.1, 0.15) is 5.82 Å². The number of alkyl halides is 2. The molecule has 0 saturated carbocycles. The van der Waals surface area contributed by atoms with E-state index in [4.69, 9.17) is 23.2 Å². The van der Waals surface area contributed by atoms with Crippen molar-refractivity contribution in [2.24, 2.45) is 0 Å². The lowest BCUT2D eigenvalue weighted by molar-refractivity contribution is 0.512. The summed E-state index contributed by atoms with van der Waals surface area (Å²) in [6.07, 6.45) is 0.480. The summed E-state index contributed by atoms with van der Waals surface area (Å²) in [4.78, 5) is 0. The SMILES string of the molecule is Fc1ccccc1CC(CCl)(CCl)c1ccc(Br)cc1. The van der Waals surface area contributed by atoms with Crippen molar-refractivity contribution >= 4 is 39.1 Å². The van der Waals surface area contributed by atoms with Crippen LogP contribution in [0.4, 0.5) is 4.39 Å². The van der Waals surface area contributed by atoms with E-state index in [9.17, 15) is 4.39 Å². The molecule has 2 aromatic rings. The minimum absolute atomic E-state index is 0.218. The maximum atomic E-state index is 13.9. The third kappa shape index (κ3) is 3.36. The van der Waals surface area contributed by atoms with Crippen LogP contribution in [-0.4, -0.2) is 11.8 Å². The second kappa shape index (κ2) is 6.93. The first kappa shape index (κ1) is 15.8. The van der Waals surface area contributed by atoms with Crippen LogP contribution in [0.15, 0.2) is 53.0 Å². The largest absolute Gasteiger partial charge is 0.207 e. The maximum absolute atomic E-state index is 13.9. The molecule has 0 aliphatic rings. The number of hydrogen-bond donors (Lipinski definition) is 0. The molecule has 0 fully saturated rings. The topological polar surface area (TPSA) is 0 Å². The summed E-state index contributed by atoms with van der Waals surface area (Å²) in [5.74, 6) is 0.461. The van der Waals surface area contributed by atoms with E-state index in [1.807, 2.05) is 30.3 Å². The number of hydrogen-bond acceptors (Lipinski definition) is 0. The van der Waals surface area contributed by atoms with Crippen molar-refractivity contribution < 1.29 is 4.39 Å². The Labute approximate surface area is 137 Å². The summed E-state index contributed by atoms with van der Waals surface area (Å²) in [5, 5.41) is 0. The molecular formula is C16H14BrCl2F. The van der Waals surface area contributed by atoms with Gasteiger partial charge >= 0.3 is 0 Å². The van der Waals surface area contributed by atoms with E-state index in [-0.39, 0.29) is 5.82 Å². The Balaban J connectivity index is 2.39. The maximum Gasteiger partial charge on any atom is 0.126 e. The summed E-state index contributed by atoms with van der Waals surface area (Å²) < 4.78 is 14.9. The van der Waals surface area contributed by atoms with Crippen molar-refractivity contribution in [3.8, 4) is 0 Å². The minimum Gasteiger partial charge on any atom is -0.207 e. The first-order chi connectivity index (χ1) is 9.61. The summed E-state index contributed by atoms with van der Waals surface area (Å²) in [7, 11) is 0. The Bertz CT molecular complexity index is 565. The fraction of sp³-hybridized carbons (Fsp3) is 0.250. The quantitative estimate of drug-likeness (QED) is 0.601. The van der Waals surface area contributed by atoms with Crippen molar-refractivity contribution in [1.29, 1.82) is 0 Å². The monoisotopic (exact) mass is 374 g/mol. The van der Waals surface area contributed by atoms with Crippen LogP contribution in [-0.2, 0) is 11.8 Å². The molecule has 2 rings (SSSR count). The molecule has 0 heterocycles. The highest BCUT2D eigenvalue weighted by atomic mass is 79.9. The second-order valence-electron chi connectivity index (χ2n) is 4.82. The summed E-state index contributed by atoms with van der Waals surface area (Å²) in [6.45, 7) is 0. The average Bonchev–Trinajstić information content (AvgIpc) is 2.48. The van der Waals surface area contributed by atoms with Gasteiger partial charge in [-0.2, -0.15) is 0 Å². The first-order valence-corrected chi connectivity index (χ1v) is 8.09. The molecule has 0 nitrogen and oxygen atoms in total. The van der Waals surface area contributed by atoms with Crippen LogP contribution < -0.4 is 0 Å². The van der Waals surface area contributed by atoms with E-state index >= 15 is 0 Å². The zero-order valence-corrected chi connectivity index (χ0v) is 13.8. The van der Waals surface area contributed by atoms with Gasteiger partial charge < -0.3 is 0 Å². The zero-order chi connectivity index (χ0) is 14.6. The predicted molar refractivity (Wildman–Crippen MR) is 87.4 cm³/mol. The molecule has 0 bridgehead atoms. The Morgan fingerprint density at radius 1 is 0.950 bits per heavy atom. The smallest absolute Gasteiger partial charge is 0.126 e. The molecule has 0 aromatic heterocycles. The molecule has 0 amide bonds. The molecule has 20 heavy (non-hydrogen) atoms. The minimum atomic E-state index is -0.466. The predicted octanol–water partition coefficient (Wildman–Crippen LogP) is 5.55. The van der Waals surface area contributed by atoms with Crippen molar-refractivity contribution in [3.63, 3.8) is 0 Å². The van der Waals surface area contributed by atoms with Gasteiger partial charge in [-0.1, -0.05) is 46.3 Å². The fourth-order valence-corrected chi connectivity index (χ4v) is 3.24. The van der Waals surface area contributed by atoms with E-state index < -0.39 is 5.41 Å². The average molecular weight is 376 g/mol. The number of rotatable bonds is 5. The van der Waals surface area contributed by atoms with Crippen LogP contribution >= 0.6 is 39.1 Å². The highest BCUT2D eigenvalue weighted by Crippen LogP contribution is 2.33. The highest BCUT2D eigenvalue weighted by molar-refractivity contribution is 9.10. The van der Waals surface area contributed by atoms with Crippen LogP contribution in [0.5, 0.6) is 0 Å². The van der Waals surface area contributed by atoms with Gasteiger partial charge in [0.05, 0.1) is 0 Å². The van der Waals surface area contributed by atoms with E-state index in [0.717, 1.165) is 10.0 Å². The van der Waals surface area contributed by atoms with Crippen molar-refractivity contribution in [1.82, 2.24) is 0 Å². The molecule has 4 heteroatoms. The molecule has 0 unspecified atom stereocenters. The fourth-order valence-electron chi connectivity index (χ4n) is 2.20. The Morgan fingerprint density at radius 2 is 1.55 bits per heavy atom. The lowest BCUT2D eigenvalue weighted by atomic mass is 9.78. The van der Waals surface area contributed by atoms with Gasteiger partial charge in [0.15, 0.2) is 0 Å². The lowest BCUT2D eigenvalue weighted by Crippen LogP contribution is -2.33. The molecule has 0 spiro atoms. The van der Waals surface area contributed by atoms with Gasteiger partial charge in [0.25, 0.3) is 0 Å². The van der Waals surface area contributed by atoms with Crippen molar-refractivity contribution in [2.45, 2.75) is 11.8 Å². The van der Waals surface area contributed by atoms with E-state index in [0.29, 0.717) is 23.7 Å². The molecule has 0 radical (unpaired) electrons. The Hall–Kier alpha value is -0.570. The molecule has 2 aromatic carbocycles. The van der Waals surface area contributed by atoms with Gasteiger partial charge in [-0.05, 0) is 35.7 Å². The molecule has 0 N–H and O–H groups in total. The second-order valence-corrected chi connectivity index (χ2v) is 6.27. The van der Waals surface area contributed by atoms with Crippen LogP contribution in [0.25, 0.3) is 0 Å². The van der Waals surface area contributed by atoms with Gasteiger partial charge in [-0.25, -0.2) is 4.39 Å². The number of benzene rings is 2. The van der Waals surface area contributed by atoms with E-state index in [1.54, 1.807) is 12.1 Å². The van der Waals surface area contributed by atoms with Crippen LogP contribution in [0.3, 0.4) is 0 Å². The third-order valence-corrected chi connectivity index (χ3v) is 5.01. The van der Waals surface area contributed by atoms with E-state index in [2.05, 4.69) is 15.9 Å². The van der Waals surface area contributed by atoms with Gasteiger partial charge in [0, 0.05) is 21.6 Å². The Kier molecular flexibility index (Phi) is 5.48. The lowest BCUT2D eigenvalue weighted by Gasteiger charge is -2.30. The normalized spacial score (nSPS) is 11.6. The molecule has 0 saturated heterocycles. The van der Waals surface area contributed by atoms with Crippen LogP contribution in [0.2, 0.25) is 0 Å². The van der Waals surface area contributed by atoms with Crippen molar-refractivity contribution in [2.75, 3.05) is 11.8 Å². The molecule has 0 atom stereocenters. The molecule has 106 valence electrons. The van der Waals surface area contributed by atoms with Gasteiger partial charge in [-0.3, -0.25) is 0 Å². The van der Waals surface area contributed by atoms with E-state index in [1.165, 1.54) is 6.07 Å². The summed E-state index contributed by atoms with van der Waals surface area (Å²) in [5.41, 5.74) is 1.19. The summed E-state index contributed by atoms with van der Waals surface area (Å²) >= 11 is 15.8. The molecule has 0 aliphatic heterocycles. The third-order valence-electron chi connectivity index (χ3n) is 3.45. The highest BCUT2D eigenvalue weighted by Gasteiger charge is 2.31. The van der Waals surface area contributed by atoms with Crippen LogP contribution in [0, 0.1) is 5.82 Å². The van der Waals surface area contributed by atoms with Crippen LogP contribution in [0.1, 0.15) is 11.1 Å². The first-order valence-electron chi connectivity index (χ1n) is 6.23. The molecule has 0 aliphatic carbocycles. The Morgan fingerprint density at radius 3 is 2.10 bits per heavy atom. The summed E-state index contributed by atoms with van der Waals surface area (Å²) in [6, 6.07) is 14.6. The molecular weight excluding hydrogens is 362 g/mol. The zero-order valence-electron chi connectivity index (χ0n) is 10.8. The van der Waals surface area contributed by atoms with Gasteiger partial charge in [-0.15, -0.1) is 23.2 Å². The van der Waals surface area contributed by atoms with Crippen molar-refractivity contribution in [3.05, 3.63) is 69.9 Å². The van der Waals surface area contributed by atoms with Gasteiger partial charge in [0.2, 0.25) is 0 Å². The standard InChI is InChI=1S/C16H14BrCl2F/c17-14-7-5-13(6-8-14)16(10-18,11-19)9-12-3-1-2-4-15(12)20/h1-8H,9-11H2.